The van der Waals surface area contributed by atoms with Gasteiger partial charge >= 0.3 is 6.03 Å². The first-order chi connectivity index (χ1) is 23.0. The minimum atomic E-state index is -0.412. The molecule has 6 heterocycles. The van der Waals surface area contributed by atoms with Gasteiger partial charge in [0.25, 0.3) is 11.8 Å². The molecule has 2 bridgehead atoms. The lowest BCUT2D eigenvalue weighted by Gasteiger charge is -2.39. The molecule has 250 valence electrons. The van der Waals surface area contributed by atoms with Crippen LogP contribution in [0, 0.1) is 0 Å². The number of primary amides is 1. The maximum absolute atomic E-state index is 11.2. The third-order valence-electron chi connectivity index (χ3n) is 9.15. The van der Waals surface area contributed by atoms with E-state index in [1.165, 1.54) is 18.4 Å². The van der Waals surface area contributed by atoms with Gasteiger partial charge in [-0.15, -0.1) is 0 Å². The lowest BCUT2D eigenvalue weighted by molar-refractivity contribution is 0.0850. The third kappa shape index (κ3) is 7.36. The van der Waals surface area contributed by atoms with Crippen LogP contribution in [-0.2, 0) is 6.54 Å². The molecule has 11 heteroatoms. The number of carbonyl (C=O) groups excluding carboxylic acids is 2. The highest BCUT2D eigenvalue weighted by atomic mass is 16.6. The highest BCUT2D eigenvalue weighted by molar-refractivity contribution is 5.74. The number of aromatic nitrogens is 2. The standard InChI is InChI=1S/C22H26N4O3.C14H11NO3.CH4/c23-22(27)25-16-10-17-7-8-18(11-16)26(17)12-14-3-5-15(6-4-14)20-13-28-19-2-1-9-24-21(19)29-20;16-8-10-3-5-11(6-4-10)13-9-17-12-2-1-7-15-14(12)18-13;/h1-6,9,16-18,20H,7-8,10-13H2,(H3,23,25,27);1-8,13H,9H2;1H4/t16?,17-,18+,20-;13-;/m11./s1. The second-order valence-corrected chi connectivity index (χ2v) is 12.2. The second-order valence-electron chi connectivity index (χ2n) is 12.2. The SMILES string of the molecule is C.NC(=O)NC1C[C@H]2CC[C@@H](C1)N2Cc1ccc([C@H]2COc3cccnc3O2)cc1.O=Cc1ccc([C@H]2COc3cccnc3O2)cc1. The number of nitrogens with two attached hydrogens (primary N) is 1. The summed E-state index contributed by atoms with van der Waals surface area (Å²) in [6.07, 6.45) is 8.22. The number of hydrogen-bond acceptors (Lipinski definition) is 9. The number of carbonyl (C=O) groups is 2. The van der Waals surface area contributed by atoms with Crippen molar-refractivity contribution in [1.29, 1.82) is 0 Å². The van der Waals surface area contributed by atoms with Crippen molar-refractivity contribution in [2.24, 2.45) is 5.73 Å². The first kappa shape index (κ1) is 32.8. The van der Waals surface area contributed by atoms with Crippen LogP contribution >= 0.6 is 0 Å². The van der Waals surface area contributed by atoms with Crippen LogP contribution in [0.15, 0.2) is 85.2 Å². The molecule has 2 aromatic heterocycles. The van der Waals surface area contributed by atoms with E-state index in [0.29, 0.717) is 54.1 Å². The van der Waals surface area contributed by atoms with E-state index in [-0.39, 0.29) is 25.7 Å². The number of urea groups is 1. The molecule has 11 nitrogen and oxygen atoms in total. The molecule has 2 fully saturated rings. The molecular formula is C37H41N5O6. The number of pyridine rings is 2. The summed E-state index contributed by atoms with van der Waals surface area (Å²) in [6, 6.07) is 24.1. The molecule has 2 aromatic carbocycles. The summed E-state index contributed by atoms with van der Waals surface area (Å²) in [5.74, 6) is 2.42. The molecule has 4 aromatic rings. The Kier molecular flexibility index (Phi) is 10.1. The van der Waals surface area contributed by atoms with Gasteiger partial charge in [-0.05, 0) is 66.6 Å². The Morgan fingerprint density at radius 3 is 1.83 bits per heavy atom. The van der Waals surface area contributed by atoms with Gasteiger partial charge in [-0.25, -0.2) is 14.8 Å². The summed E-state index contributed by atoms with van der Waals surface area (Å²) in [5.41, 5.74) is 9.31. The smallest absolute Gasteiger partial charge is 0.312 e. The second kappa shape index (κ2) is 14.7. The Morgan fingerprint density at radius 1 is 0.812 bits per heavy atom. The average molecular weight is 652 g/mol. The van der Waals surface area contributed by atoms with Crippen LogP contribution in [0.25, 0.3) is 0 Å². The summed E-state index contributed by atoms with van der Waals surface area (Å²) in [6.45, 7) is 1.87. The van der Waals surface area contributed by atoms with Crippen LogP contribution in [0.1, 0.15) is 72.4 Å². The zero-order valence-corrected chi connectivity index (χ0v) is 25.9. The maximum Gasteiger partial charge on any atom is 0.312 e. The lowest BCUT2D eigenvalue weighted by atomic mass is 9.96. The van der Waals surface area contributed by atoms with Crippen molar-refractivity contribution < 1.29 is 28.5 Å². The molecular weight excluding hydrogens is 610 g/mol. The third-order valence-corrected chi connectivity index (χ3v) is 9.15. The van der Waals surface area contributed by atoms with E-state index in [4.69, 9.17) is 24.7 Å². The zero-order valence-electron chi connectivity index (χ0n) is 25.9. The number of fused-ring (bicyclic) bond motifs is 4. The minimum absolute atomic E-state index is 0. The predicted molar refractivity (Wildman–Crippen MR) is 179 cm³/mol. The molecule has 0 radical (unpaired) electrons. The van der Waals surface area contributed by atoms with Crippen molar-refractivity contribution in [3.63, 3.8) is 0 Å². The van der Waals surface area contributed by atoms with Gasteiger partial charge in [-0.3, -0.25) is 9.69 Å². The Labute approximate surface area is 280 Å². The molecule has 3 N–H and O–H groups in total. The van der Waals surface area contributed by atoms with E-state index in [0.717, 1.165) is 36.8 Å². The molecule has 2 saturated heterocycles. The molecule has 0 spiro atoms. The van der Waals surface area contributed by atoms with Crippen LogP contribution in [0.3, 0.4) is 0 Å². The molecule has 8 rings (SSSR count). The molecule has 48 heavy (non-hydrogen) atoms. The Balaban J connectivity index is 0.000000182. The van der Waals surface area contributed by atoms with Gasteiger partial charge in [-0.2, -0.15) is 0 Å². The number of amides is 2. The summed E-state index contributed by atoms with van der Waals surface area (Å²) in [5, 5.41) is 2.90. The van der Waals surface area contributed by atoms with E-state index in [1.807, 2.05) is 30.3 Å². The van der Waals surface area contributed by atoms with E-state index in [9.17, 15) is 9.59 Å². The molecule has 4 aliphatic rings. The fraction of sp³-hybridized carbons (Fsp3) is 0.351. The average Bonchev–Trinajstić information content (AvgIpc) is 3.34. The molecule has 1 unspecified atom stereocenters. The van der Waals surface area contributed by atoms with Crippen LogP contribution in [0.2, 0.25) is 0 Å². The number of nitrogens with one attached hydrogen (secondary N) is 1. The van der Waals surface area contributed by atoms with Gasteiger partial charge in [-0.1, -0.05) is 56.0 Å². The van der Waals surface area contributed by atoms with E-state index in [2.05, 4.69) is 44.5 Å². The van der Waals surface area contributed by atoms with E-state index in [1.54, 1.807) is 30.6 Å². The monoisotopic (exact) mass is 651 g/mol. The van der Waals surface area contributed by atoms with Crippen LogP contribution in [-0.4, -0.2) is 58.5 Å². The Hall–Kier alpha value is -5.16. The van der Waals surface area contributed by atoms with Gasteiger partial charge in [0.05, 0.1) is 0 Å². The minimum Gasteiger partial charge on any atom is -0.484 e. The van der Waals surface area contributed by atoms with Crippen LogP contribution in [0.5, 0.6) is 23.3 Å². The highest BCUT2D eigenvalue weighted by Crippen LogP contribution is 2.38. The lowest BCUT2D eigenvalue weighted by Crippen LogP contribution is -2.51. The number of benzene rings is 2. The largest absolute Gasteiger partial charge is 0.484 e. The number of piperidine rings is 1. The zero-order chi connectivity index (χ0) is 32.2. The first-order valence-corrected chi connectivity index (χ1v) is 16.0. The van der Waals surface area contributed by atoms with Crippen molar-refractivity contribution in [3.05, 3.63) is 107 Å². The van der Waals surface area contributed by atoms with Crippen LogP contribution in [0.4, 0.5) is 4.79 Å². The molecule has 0 aliphatic carbocycles. The number of rotatable bonds is 6. The maximum atomic E-state index is 11.2. The molecule has 5 atom stereocenters. The molecule has 0 saturated carbocycles. The first-order valence-electron chi connectivity index (χ1n) is 16.0. The van der Waals surface area contributed by atoms with Crippen molar-refractivity contribution in [1.82, 2.24) is 20.2 Å². The topological polar surface area (TPSA) is 138 Å². The fourth-order valence-electron chi connectivity index (χ4n) is 6.83. The van der Waals surface area contributed by atoms with Crippen molar-refractivity contribution >= 4 is 12.3 Å². The Morgan fingerprint density at radius 2 is 1.33 bits per heavy atom. The van der Waals surface area contributed by atoms with E-state index < -0.39 is 6.03 Å². The number of hydrogen-bond donors (Lipinski definition) is 2. The summed E-state index contributed by atoms with van der Waals surface area (Å²) in [7, 11) is 0. The number of ether oxygens (including phenoxy) is 4. The number of nitrogens with zero attached hydrogens (tertiary/aromatic N) is 3. The molecule has 2 amide bonds. The summed E-state index contributed by atoms with van der Waals surface area (Å²) >= 11 is 0. The van der Waals surface area contributed by atoms with Gasteiger partial charge in [0, 0.05) is 42.6 Å². The quantitative estimate of drug-likeness (QED) is 0.248. The molecule has 4 aliphatic heterocycles. The fourth-order valence-corrected chi connectivity index (χ4v) is 6.83. The number of aldehydes is 1. The summed E-state index contributed by atoms with van der Waals surface area (Å²) < 4.78 is 23.1. The van der Waals surface area contributed by atoms with Crippen molar-refractivity contribution in [2.75, 3.05) is 13.2 Å². The van der Waals surface area contributed by atoms with Gasteiger partial charge < -0.3 is 30.0 Å². The van der Waals surface area contributed by atoms with Crippen molar-refractivity contribution in [2.45, 2.75) is 70.0 Å². The van der Waals surface area contributed by atoms with E-state index >= 15 is 0 Å². The summed E-state index contributed by atoms with van der Waals surface area (Å²) in [4.78, 5) is 32.7. The highest BCUT2D eigenvalue weighted by Gasteiger charge is 2.40. The van der Waals surface area contributed by atoms with Gasteiger partial charge in [0.15, 0.2) is 23.7 Å². The van der Waals surface area contributed by atoms with Gasteiger partial charge in [0.1, 0.15) is 19.5 Å². The van der Waals surface area contributed by atoms with Crippen LogP contribution < -0.4 is 30.0 Å². The predicted octanol–water partition coefficient (Wildman–Crippen LogP) is 5.80. The van der Waals surface area contributed by atoms with Gasteiger partial charge in [0.2, 0.25) is 0 Å². The van der Waals surface area contributed by atoms with Crippen molar-refractivity contribution in [3.8, 4) is 23.3 Å². The normalized spacial score (nSPS) is 23.5. The Bertz CT molecular complexity index is 1690.